The maximum atomic E-state index is 11.0. The highest BCUT2D eigenvalue weighted by Crippen LogP contribution is 1.95. The number of methoxy groups -OCH3 is 1. The molecule has 0 saturated heterocycles. The summed E-state index contributed by atoms with van der Waals surface area (Å²) in [5.41, 5.74) is 1.08. The number of nitrogens with zero attached hydrogens (tertiary/aromatic N) is 1. The Hall–Kier alpha value is -1.91. The standard InChI is InChI=1S/C8H9NO2.C2H4O2/c1-6-3-7(5-10)4-8(11)9(6)2;1-4-2-3/h3-5H,1-2H3;2H,1H3. The Morgan fingerprint density at radius 2 is 1.87 bits per heavy atom. The van der Waals surface area contributed by atoms with Gasteiger partial charge >= 0.3 is 0 Å². The summed E-state index contributed by atoms with van der Waals surface area (Å²) in [7, 11) is 2.99. The predicted octanol–water partition coefficient (Wildman–Crippen LogP) is 0.295. The van der Waals surface area contributed by atoms with Crippen molar-refractivity contribution in [3.63, 3.8) is 0 Å². The Morgan fingerprint density at radius 1 is 1.33 bits per heavy atom. The number of pyridine rings is 1. The third-order valence-electron chi connectivity index (χ3n) is 1.76. The summed E-state index contributed by atoms with van der Waals surface area (Å²) in [6, 6.07) is 2.99. The molecule has 0 unspecified atom stereocenters. The van der Waals surface area contributed by atoms with Crippen molar-refractivity contribution in [2.75, 3.05) is 7.11 Å². The van der Waals surface area contributed by atoms with Crippen molar-refractivity contribution < 1.29 is 14.3 Å². The van der Waals surface area contributed by atoms with Gasteiger partial charge in [0.05, 0.1) is 7.11 Å². The van der Waals surface area contributed by atoms with Crippen molar-refractivity contribution >= 4 is 12.8 Å². The molecular formula is C10H13NO4. The van der Waals surface area contributed by atoms with Gasteiger partial charge in [-0.1, -0.05) is 0 Å². The molecule has 5 nitrogen and oxygen atoms in total. The monoisotopic (exact) mass is 211 g/mol. The molecule has 5 heteroatoms. The highest BCUT2D eigenvalue weighted by Gasteiger charge is 1.97. The smallest absolute Gasteiger partial charge is 0.292 e. The van der Waals surface area contributed by atoms with Crippen molar-refractivity contribution in [2.24, 2.45) is 7.05 Å². The zero-order chi connectivity index (χ0) is 11.8. The summed E-state index contributed by atoms with van der Waals surface area (Å²) in [5, 5.41) is 0. The molecule has 1 aromatic heterocycles. The van der Waals surface area contributed by atoms with Gasteiger partial charge in [-0.25, -0.2) is 0 Å². The largest absolute Gasteiger partial charge is 0.471 e. The third kappa shape index (κ3) is 4.21. The highest BCUT2D eigenvalue weighted by molar-refractivity contribution is 5.74. The van der Waals surface area contributed by atoms with Crippen LogP contribution in [0.5, 0.6) is 0 Å². The van der Waals surface area contributed by atoms with Gasteiger partial charge in [-0.3, -0.25) is 14.4 Å². The van der Waals surface area contributed by atoms with Crippen LogP contribution in [0.15, 0.2) is 16.9 Å². The van der Waals surface area contributed by atoms with Crippen LogP contribution in [0.4, 0.5) is 0 Å². The Bertz CT molecular complexity index is 395. The minimum Gasteiger partial charge on any atom is -0.471 e. The van der Waals surface area contributed by atoms with Crippen molar-refractivity contribution in [2.45, 2.75) is 6.92 Å². The molecule has 0 N–H and O–H groups in total. The molecule has 0 atom stereocenters. The number of carbonyl (C=O) groups is 2. The lowest BCUT2D eigenvalue weighted by Gasteiger charge is -2.01. The van der Waals surface area contributed by atoms with Gasteiger partial charge in [0.25, 0.3) is 12.0 Å². The Labute approximate surface area is 87.3 Å². The molecule has 15 heavy (non-hydrogen) atoms. The van der Waals surface area contributed by atoms with Crippen molar-refractivity contribution in [3.8, 4) is 0 Å². The molecule has 0 aliphatic rings. The van der Waals surface area contributed by atoms with E-state index in [1.165, 1.54) is 17.7 Å². The van der Waals surface area contributed by atoms with Crippen LogP contribution in [0, 0.1) is 6.92 Å². The highest BCUT2D eigenvalue weighted by atomic mass is 16.5. The number of rotatable bonds is 2. The van der Waals surface area contributed by atoms with E-state index in [0.29, 0.717) is 18.3 Å². The van der Waals surface area contributed by atoms with Crippen molar-refractivity contribution in [3.05, 3.63) is 33.7 Å². The molecular weight excluding hydrogens is 198 g/mol. The van der Waals surface area contributed by atoms with E-state index in [1.807, 2.05) is 0 Å². The van der Waals surface area contributed by atoms with Crippen LogP contribution in [0.25, 0.3) is 0 Å². The fourth-order valence-electron chi connectivity index (χ4n) is 0.861. The number of ether oxygens (including phenoxy) is 1. The number of hydrogen-bond donors (Lipinski definition) is 0. The van der Waals surface area contributed by atoms with Gasteiger partial charge < -0.3 is 9.30 Å². The van der Waals surface area contributed by atoms with Gasteiger partial charge in [0.2, 0.25) is 0 Å². The van der Waals surface area contributed by atoms with E-state index in [4.69, 9.17) is 4.79 Å². The van der Waals surface area contributed by atoms with Gasteiger partial charge in [0.15, 0.2) is 0 Å². The topological polar surface area (TPSA) is 65.4 Å². The van der Waals surface area contributed by atoms with Gasteiger partial charge in [0.1, 0.15) is 6.29 Å². The molecule has 0 aromatic carbocycles. The molecule has 0 aliphatic carbocycles. The van der Waals surface area contributed by atoms with Gasteiger partial charge in [-0.05, 0) is 13.0 Å². The molecule has 0 radical (unpaired) electrons. The molecule has 82 valence electrons. The first-order valence-corrected chi connectivity index (χ1v) is 4.16. The number of aryl methyl sites for hydroxylation is 1. The van der Waals surface area contributed by atoms with Crippen LogP contribution in [0.2, 0.25) is 0 Å². The summed E-state index contributed by atoms with van der Waals surface area (Å²) >= 11 is 0. The molecule has 1 rings (SSSR count). The van der Waals surface area contributed by atoms with Gasteiger partial charge in [-0.15, -0.1) is 0 Å². The second-order valence-electron chi connectivity index (χ2n) is 2.78. The second kappa shape index (κ2) is 6.53. The Morgan fingerprint density at radius 3 is 2.20 bits per heavy atom. The first-order chi connectivity index (χ1) is 7.06. The lowest BCUT2D eigenvalue weighted by atomic mass is 10.2. The molecule has 0 spiro atoms. The van der Waals surface area contributed by atoms with Crippen LogP contribution < -0.4 is 5.56 Å². The third-order valence-corrected chi connectivity index (χ3v) is 1.76. The van der Waals surface area contributed by atoms with Crippen LogP contribution in [0.3, 0.4) is 0 Å². The first kappa shape index (κ1) is 13.1. The molecule has 1 aromatic rings. The molecule has 0 saturated carbocycles. The minimum absolute atomic E-state index is 0.146. The van der Waals surface area contributed by atoms with E-state index in [2.05, 4.69) is 4.74 Å². The van der Waals surface area contributed by atoms with Crippen LogP contribution in [0.1, 0.15) is 16.1 Å². The fraction of sp³-hybridized carbons (Fsp3) is 0.300. The van der Waals surface area contributed by atoms with Crippen LogP contribution in [-0.4, -0.2) is 24.4 Å². The summed E-state index contributed by atoms with van der Waals surface area (Å²) in [5.74, 6) is 0. The average molecular weight is 211 g/mol. The SMILES string of the molecule is COC=O.Cc1cc(C=O)cc(=O)n1C. The summed E-state index contributed by atoms with van der Waals surface area (Å²) < 4.78 is 5.35. The van der Waals surface area contributed by atoms with Crippen LogP contribution in [-0.2, 0) is 16.6 Å². The molecule has 1 heterocycles. The summed E-state index contributed by atoms with van der Waals surface area (Å²) in [4.78, 5) is 30.2. The first-order valence-electron chi connectivity index (χ1n) is 4.16. The van der Waals surface area contributed by atoms with E-state index in [9.17, 15) is 9.59 Å². The average Bonchev–Trinajstić information content (AvgIpc) is 2.25. The fourth-order valence-corrected chi connectivity index (χ4v) is 0.861. The zero-order valence-corrected chi connectivity index (χ0v) is 8.89. The lowest BCUT2D eigenvalue weighted by molar-refractivity contribution is -0.126. The quantitative estimate of drug-likeness (QED) is 0.660. The molecule has 0 aliphatic heterocycles. The zero-order valence-electron chi connectivity index (χ0n) is 8.89. The lowest BCUT2D eigenvalue weighted by Crippen LogP contribution is -2.18. The number of aromatic nitrogens is 1. The van der Waals surface area contributed by atoms with Gasteiger partial charge in [-0.2, -0.15) is 0 Å². The number of carbonyl (C=O) groups excluding carboxylic acids is 2. The van der Waals surface area contributed by atoms with E-state index in [0.717, 1.165) is 5.69 Å². The van der Waals surface area contributed by atoms with Gasteiger partial charge in [0, 0.05) is 24.4 Å². The van der Waals surface area contributed by atoms with E-state index in [-0.39, 0.29) is 5.56 Å². The summed E-state index contributed by atoms with van der Waals surface area (Å²) in [6.45, 7) is 2.16. The van der Waals surface area contributed by atoms with E-state index in [1.54, 1.807) is 20.0 Å². The maximum Gasteiger partial charge on any atom is 0.292 e. The van der Waals surface area contributed by atoms with E-state index >= 15 is 0 Å². The number of hydrogen-bond acceptors (Lipinski definition) is 4. The van der Waals surface area contributed by atoms with Crippen LogP contribution >= 0.6 is 0 Å². The Kier molecular flexibility index (Phi) is 5.70. The van der Waals surface area contributed by atoms with Crippen molar-refractivity contribution in [1.82, 2.24) is 4.57 Å². The molecule has 0 amide bonds. The maximum absolute atomic E-state index is 11.0. The Balaban J connectivity index is 0.000000423. The molecule has 0 bridgehead atoms. The summed E-state index contributed by atoms with van der Waals surface area (Å²) in [6.07, 6.45) is 0.675. The predicted molar refractivity (Wildman–Crippen MR) is 54.9 cm³/mol. The normalized spacial score (nSPS) is 8.47. The number of aldehydes is 1. The second-order valence-corrected chi connectivity index (χ2v) is 2.78. The molecule has 0 fully saturated rings. The van der Waals surface area contributed by atoms with E-state index < -0.39 is 0 Å². The minimum atomic E-state index is -0.146. The van der Waals surface area contributed by atoms with Crippen molar-refractivity contribution in [1.29, 1.82) is 0 Å².